The van der Waals surface area contributed by atoms with E-state index in [0.717, 1.165) is 23.5 Å². The number of thiophene rings is 1. The Hall–Kier alpha value is -2.11. The molecule has 24 heavy (non-hydrogen) atoms. The Bertz CT molecular complexity index is 880. The van der Waals surface area contributed by atoms with E-state index in [1.54, 1.807) is 17.4 Å². The quantitative estimate of drug-likeness (QED) is 0.764. The van der Waals surface area contributed by atoms with Crippen molar-refractivity contribution in [3.8, 4) is 10.6 Å². The third-order valence-corrected chi connectivity index (χ3v) is 6.25. The Kier molecular flexibility index (Phi) is 3.24. The van der Waals surface area contributed by atoms with Crippen LogP contribution in [0.4, 0.5) is 0 Å². The first kappa shape index (κ1) is 14.3. The Labute approximate surface area is 143 Å². The fourth-order valence-corrected chi connectivity index (χ4v) is 4.94. The molecule has 1 aromatic carbocycles. The smallest absolute Gasteiger partial charge is 0.287 e. The predicted molar refractivity (Wildman–Crippen MR) is 95.3 cm³/mol. The molecule has 1 amide bonds. The summed E-state index contributed by atoms with van der Waals surface area (Å²) in [5, 5.41) is 7.86. The van der Waals surface area contributed by atoms with Crippen LogP contribution in [0, 0.1) is 0 Å². The number of nitrogens with one attached hydrogen (secondary N) is 2. The molecular weight excluding hydrogens is 320 g/mol. The molecule has 2 aliphatic heterocycles. The molecule has 2 aromatic heterocycles. The minimum Gasteiger partial charge on any atom is -0.450 e. The SMILES string of the molecule is O=C(N[C@@H]1C[C@H]2CC[C@@H]1N2)c1ccc(-c2cc3ccccc3s2)o1. The zero-order chi connectivity index (χ0) is 16.1. The van der Waals surface area contributed by atoms with Crippen molar-refractivity contribution in [1.29, 1.82) is 0 Å². The molecule has 122 valence electrons. The maximum absolute atomic E-state index is 12.5. The second-order valence-corrected chi connectivity index (χ2v) is 7.76. The first-order valence-corrected chi connectivity index (χ1v) is 9.23. The van der Waals surface area contributed by atoms with Crippen LogP contribution in [-0.2, 0) is 0 Å². The van der Waals surface area contributed by atoms with E-state index in [1.165, 1.54) is 16.5 Å². The molecule has 0 saturated carbocycles. The van der Waals surface area contributed by atoms with Gasteiger partial charge in [-0.3, -0.25) is 4.79 Å². The third kappa shape index (κ3) is 2.36. The van der Waals surface area contributed by atoms with Gasteiger partial charge in [-0.2, -0.15) is 0 Å². The molecule has 0 radical (unpaired) electrons. The Morgan fingerprint density at radius 1 is 1.21 bits per heavy atom. The molecule has 4 nitrogen and oxygen atoms in total. The average molecular weight is 338 g/mol. The van der Waals surface area contributed by atoms with Crippen molar-refractivity contribution in [2.45, 2.75) is 37.4 Å². The number of rotatable bonds is 3. The monoisotopic (exact) mass is 338 g/mol. The Morgan fingerprint density at radius 2 is 2.12 bits per heavy atom. The van der Waals surface area contributed by atoms with E-state index in [0.29, 0.717) is 17.8 Å². The molecule has 2 bridgehead atoms. The lowest BCUT2D eigenvalue weighted by molar-refractivity contribution is 0.0903. The van der Waals surface area contributed by atoms with Gasteiger partial charge in [0.2, 0.25) is 0 Å². The van der Waals surface area contributed by atoms with Crippen LogP contribution in [0.5, 0.6) is 0 Å². The van der Waals surface area contributed by atoms with E-state index in [1.807, 2.05) is 18.2 Å². The lowest BCUT2D eigenvalue weighted by Crippen LogP contribution is -2.42. The van der Waals surface area contributed by atoms with Crippen molar-refractivity contribution in [3.05, 3.63) is 48.2 Å². The highest BCUT2D eigenvalue weighted by Gasteiger charge is 2.39. The van der Waals surface area contributed by atoms with Crippen LogP contribution < -0.4 is 10.6 Å². The van der Waals surface area contributed by atoms with Crippen LogP contribution in [0.25, 0.3) is 20.7 Å². The summed E-state index contributed by atoms with van der Waals surface area (Å²) >= 11 is 1.68. The standard InChI is InChI=1S/C19H18N2O2S/c22-19(21-14-10-12-5-6-13(14)20-12)16-8-7-15(23-16)18-9-11-3-1-2-4-17(11)24-18/h1-4,7-9,12-14,20H,5-6,10H2,(H,21,22)/t12-,13+,14-/m1/s1. The summed E-state index contributed by atoms with van der Waals surface area (Å²) in [6.07, 6.45) is 3.41. The van der Waals surface area contributed by atoms with E-state index >= 15 is 0 Å². The molecule has 0 unspecified atom stereocenters. The summed E-state index contributed by atoms with van der Waals surface area (Å²) < 4.78 is 7.05. The van der Waals surface area contributed by atoms with Crippen LogP contribution in [0.1, 0.15) is 29.8 Å². The summed E-state index contributed by atoms with van der Waals surface area (Å²) in [5.41, 5.74) is 0. The van der Waals surface area contributed by atoms with Crippen LogP contribution in [0.15, 0.2) is 46.9 Å². The number of benzene rings is 1. The zero-order valence-electron chi connectivity index (χ0n) is 13.1. The fraction of sp³-hybridized carbons (Fsp3) is 0.316. The maximum Gasteiger partial charge on any atom is 0.287 e. The first-order valence-electron chi connectivity index (χ1n) is 8.42. The first-order chi connectivity index (χ1) is 11.8. The lowest BCUT2D eigenvalue weighted by Gasteiger charge is -2.20. The lowest BCUT2D eigenvalue weighted by atomic mass is 9.95. The molecule has 2 N–H and O–H groups in total. The van der Waals surface area contributed by atoms with Gasteiger partial charge in [0.25, 0.3) is 5.91 Å². The number of amides is 1. The summed E-state index contributed by atoms with van der Waals surface area (Å²) in [7, 11) is 0. The Morgan fingerprint density at radius 3 is 2.92 bits per heavy atom. The van der Waals surface area contributed by atoms with Gasteiger partial charge in [-0.05, 0) is 48.9 Å². The molecule has 5 heteroatoms. The van der Waals surface area contributed by atoms with Crippen LogP contribution in [0.3, 0.4) is 0 Å². The third-order valence-electron chi connectivity index (χ3n) is 5.11. The minimum atomic E-state index is -0.110. The second kappa shape index (κ2) is 5.46. The number of fused-ring (bicyclic) bond motifs is 3. The highest BCUT2D eigenvalue weighted by molar-refractivity contribution is 7.22. The van der Waals surface area contributed by atoms with E-state index in [9.17, 15) is 4.79 Å². The van der Waals surface area contributed by atoms with Gasteiger partial charge in [-0.15, -0.1) is 11.3 Å². The van der Waals surface area contributed by atoms with E-state index < -0.39 is 0 Å². The fourth-order valence-electron chi connectivity index (χ4n) is 3.92. The van der Waals surface area contributed by atoms with E-state index in [-0.39, 0.29) is 11.9 Å². The number of furan rings is 1. The number of hydrogen-bond acceptors (Lipinski definition) is 4. The molecule has 4 heterocycles. The molecule has 0 aliphatic carbocycles. The maximum atomic E-state index is 12.5. The number of carbonyl (C=O) groups excluding carboxylic acids is 1. The van der Waals surface area contributed by atoms with Crippen molar-refractivity contribution in [3.63, 3.8) is 0 Å². The van der Waals surface area contributed by atoms with Crippen molar-refractivity contribution < 1.29 is 9.21 Å². The Balaban J connectivity index is 1.35. The highest BCUT2D eigenvalue weighted by Crippen LogP contribution is 2.34. The summed E-state index contributed by atoms with van der Waals surface area (Å²) in [4.78, 5) is 13.5. The molecule has 3 aromatic rings. The van der Waals surface area contributed by atoms with Gasteiger partial charge in [0, 0.05) is 22.8 Å². The highest BCUT2D eigenvalue weighted by atomic mass is 32.1. The minimum absolute atomic E-state index is 0.110. The summed E-state index contributed by atoms with van der Waals surface area (Å²) in [6.45, 7) is 0. The predicted octanol–water partition coefficient (Wildman–Crippen LogP) is 3.78. The van der Waals surface area contributed by atoms with Gasteiger partial charge in [0.05, 0.1) is 4.88 Å². The molecule has 0 spiro atoms. The van der Waals surface area contributed by atoms with Gasteiger partial charge in [0.15, 0.2) is 5.76 Å². The normalized spacial score (nSPS) is 25.4. The molecule has 2 aliphatic rings. The number of carbonyl (C=O) groups is 1. The average Bonchev–Trinajstić information content (AvgIpc) is 3.35. The van der Waals surface area contributed by atoms with Crippen molar-refractivity contribution in [1.82, 2.24) is 10.6 Å². The van der Waals surface area contributed by atoms with Gasteiger partial charge >= 0.3 is 0 Å². The number of hydrogen-bond donors (Lipinski definition) is 2. The van der Waals surface area contributed by atoms with Gasteiger partial charge in [-0.1, -0.05) is 18.2 Å². The second-order valence-electron chi connectivity index (χ2n) is 6.68. The molecule has 5 rings (SSSR count). The van der Waals surface area contributed by atoms with Crippen molar-refractivity contribution in [2.75, 3.05) is 0 Å². The molecular formula is C19H18N2O2S. The van der Waals surface area contributed by atoms with E-state index in [4.69, 9.17) is 4.42 Å². The van der Waals surface area contributed by atoms with Crippen molar-refractivity contribution in [2.24, 2.45) is 0 Å². The van der Waals surface area contributed by atoms with Gasteiger partial charge < -0.3 is 15.1 Å². The topological polar surface area (TPSA) is 54.3 Å². The van der Waals surface area contributed by atoms with Gasteiger partial charge in [-0.25, -0.2) is 0 Å². The van der Waals surface area contributed by atoms with Crippen LogP contribution in [0.2, 0.25) is 0 Å². The van der Waals surface area contributed by atoms with Crippen molar-refractivity contribution >= 4 is 27.3 Å². The molecule has 2 saturated heterocycles. The molecule has 3 atom stereocenters. The molecule has 2 fully saturated rings. The zero-order valence-corrected chi connectivity index (χ0v) is 13.9. The van der Waals surface area contributed by atoms with E-state index in [2.05, 4.69) is 28.8 Å². The van der Waals surface area contributed by atoms with Gasteiger partial charge in [0.1, 0.15) is 5.76 Å². The van der Waals surface area contributed by atoms with Crippen LogP contribution in [-0.4, -0.2) is 24.0 Å². The van der Waals surface area contributed by atoms with Crippen LogP contribution >= 0.6 is 11.3 Å². The summed E-state index contributed by atoms with van der Waals surface area (Å²) in [5.74, 6) is 1.04. The largest absolute Gasteiger partial charge is 0.450 e. The summed E-state index contributed by atoms with van der Waals surface area (Å²) in [6, 6.07) is 15.3.